The molecule has 0 amide bonds. The molecule has 2 N–H and O–H groups in total. The fraction of sp³-hybridized carbons (Fsp3) is 0.750. The van der Waals surface area contributed by atoms with Gasteiger partial charge in [0, 0.05) is 13.5 Å². The van der Waals surface area contributed by atoms with Crippen molar-refractivity contribution in [1.82, 2.24) is 0 Å². The summed E-state index contributed by atoms with van der Waals surface area (Å²) in [5.74, 6) is 2.28. The van der Waals surface area contributed by atoms with Gasteiger partial charge in [-0.1, -0.05) is 5.92 Å². The van der Waals surface area contributed by atoms with E-state index in [-0.39, 0.29) is 6.42 Å². The van der Waals surface area contributed by atoms with Crippen LogP contribution in [0.3, 0.4) is 0 Å². The standard InChI is InChI=1S/C8H12O4/c1-3-7-5(9)4-6(10)8(11-2)12-7/h1,5-10H,4H2,2H3/t5?,6-,7?,8?/m0/s1. The predicted octanol–water partition coefficient (Wildman–Crippen LogP) is -0.897. The van der Waals surface area contributed by atoms with Gasteiger partial charge in [0.2, 0.25) is 0 Å². The number of terminal acetylenes is 1. The van der Waals surface area contributed by atoms with Gasteiger partial charge in [0.25, 0.3) is 0 Å². The van der Waals surface area contributed by atoms with Crippen LogP contribution in [0.5, 0.6) is 0 Å². The Kier molecular flexibility index (Phi) is 3.06. The topological polar surface area (TPSA) is 58.9 Å². The third-order valence-electron chi connectivity index (χ3n) is 1.82. The van der Waals surface area contributed by atoms with Crippen LogP contribution in [0.15, 0.2) is 0 Å². The van der Waals surface area contributed by atoms with Gasteiger partial charge >= 0.3 is 0 Å². The number of aliphatic hydroxyl groups is 2. The Morgan fingerprint density at radius 3 is 2.67 bits per heavy atom. The number of rotatable bonds is 1. The molecule has 3 unspecified atom stereocenters. The molecule has 4 atom stereocenters. The smallest absolute Gasteiger partial charge is 0.184 e. The van der Waals surface area contributed by atoms with Crippen molar-refractivity contribution in [2.75, 3.05) is 7.11 Å². The summed E-state index contributed by atoms with van der Waals surface area (Å²) in [5.41, 5.74) is 0. The molecule has 4 heteroatoms. The molecule has 1 saturated heterocycles. The van der Waals surface area contributed by atoms with Gasteiger partial charge in [-0.25, -0.2) is 0 Å². The van der Waals surface area contributed by atoms with Gasteiger partial charge in [0.1, 0.15) is 12.2 Å². The van der Waals surface area contributed by atoms with E-state index in [0.29, 0.717) is 0 Å². The van der Waals surface area contributed by atoms with Crippen molar-refractivity contribution >= 4 is 0 Å². The molecule has 0 bridgehead atoms. The molecular weight excluding hydrogens is 160 g/mol. The van der Waals surface area contributed by atoms with Crippen LogP contribution in [0.4, 0.5) is 0 Å². The Morgan fingerprint density at radius 1 is 1.50 bits per heavy atom. The summed E-state index contributed by atoms with van der Waals surface area (Å²) in [4.78, 5) is 0. The summed E-state index contributed by atoms with van der Waals surface area (Å²) in [5, 5.41) is 18.5. The Hall–Kier alpha value is -0.600. The van der Waals surface area contributed by atoms with Crippen molar-refractivity contribution < 1.29 is 19.7 Å². The van der Waals surface area contributed by atoms with Gasteiger partial charge in [-0.3, -0.25) is 0 Å². The maximum atomic E-state index is 9.27. The van der Waals surface area contributed by atoms with Crippen molar-refractivity contribution in [2.24, 2.45) is 0 Å². The number of hydrogen-bond donors (Lipinski definition) is 2. The molecule has 0 spiro atoms. The molecule has 68 valence electrons. The average molecular weight is 172 g/mol. The minimum absolute atomic E-state index is 0.188. The van der Waals surface area contributed by atoms with Crippen LogP contribution >= 0.6 is 0 Å². The van der Waals surface area contributed by atoms with Crippen molar-refractivity contribution in [1.29, 1.82) is 0 Å². The lowest BCUT2D eigenvalue weighted by Crippen LogP contribution is -2.47. The minimum Gasteiger partial charge on any atom is -0.389 e. The first-order valence-electron chi connectivity index (χ1n) is 3.69. The number of aliphatic hydroxyl groups excluding tert-OH is 2. The van der Waals surface area contributed by atoms with Crippen LogP contribution in [0.25, 0.3) is 0 Å². The molecule has 0 saturated carbocycles. The lowest BCUT2D eigenvalue weighted by atomic mass is 10.0. The van der Waals surface area contributed by atoms with Crippen LogP contribution in [0.1, 0.15) is 6.42 Å². The van der Waals surface area contributed by atoms with Gasteiger partial charge in [-0.05, 0) is 0 Å². The summed E-state index contributed by atoms with van der Waals surface area (Å²) in [6, 6.07) is 0. The Balaban J connectivity index is 2.58. The number of methoxy groups -OCH3 is 1. The van der Waals surface area contributed by atoms with E-state index in [1.54, 1.807) is 0 Å². The molecular formula is C8H12O4. The van der Waals surface area contributed by atoms with E-state index >= 15 is 0 Å². The fourth-order valence-corrected chi connectivity index (χ4v) is 1.17. The third kappa shape index (κ3) is 1.76. The fourth-order valence-electron chi connectivity index (χ4n) is 1.17. The highest BCUT2D eigenvalue weighted by Crippen LogP contribution is 2.19. The summed E-state index contributed by atoms with van der Waals surface area (Å²) in [6.07, 6.45) is 2.24. The first-order chi connectivity index (χ1) is 5.69. The Bertz CT molecular complexity index is 186. The van der Waals surface area contributed by atoms with Crippen LogP contribution in [-0.2, 0) is 9.47 Å². The van der Waals surface area contributed by atoms with Gasteiger partial charge in [-0.15, -0.1) is 6.42 Å². The van der Waals surface area contributed by atoms with Crippen molar-refractivity contribution in [3.63, 3.8) is 0 Å². The molecule has 0 radical (unpaired) electrons. The van der Waals surface area contributed by atoms with Crippen LogP contribution in [-0.4, -0.2) is 41.9 Å². The van der Waals surface area contributed by atoms with E-state index in [2.05, 4.69) is 5.92 Å². The Morgan fingerprint density at radius 2 is 2.17 bits per heavy atom. The molecule has 1 fully saturated rings. The minimum atomic E-state index is -0.811. The second-order valence-corrected chi connectivity index (χ2v) is 2.70. The summed E-state index contributed by atoms with van der Waals surface area (Å²) in [6.45, 7) is 0. The van der Waals surface area contributed by atoms with Crippen LogP contribution in [0.2, 0.25) is 0 Å². The van der Waals surface area contributed by atoms with E-state index < -0.39 is 24.6 Å². The lowest BCUT2D eigenvalue weighted by molar-refractivity contribution is -0.242. The molecule has 1 aliphatic rings. The molecule has 0 aromatic carbocycles. The molecule has 1 aliphatic heterocycles. The third-order valence-corrected chi connectivity index (χ3v) is 1.82. The first-order valence-corrected chi connectivity index (χ1v) is 3.69. The van der Waals surface area contributed by atoms with E-state index in [9.17, 15) is 10.2 Å². The quantitative estimate of drug-likeness (QED) is 0.503. The van der Waals surface area contributed by atoms with Gasteiger partial charge in [0.05, 0.1) is 6.10 Å². The maximum absolute atomic E-state index is 9.27. The Labute approximate surface area is 71.1 Å². The molecule has 12 heavy (non-hydrogen) atoms. The summed E-state index contributed by atoms with van der Waals surface area (Å²) >= 11 is 0. The summed E-state index contributed by atoms with van der Waals surface area (Å²) < 4.78 is 9.86. The zero-order valence-electron chi connectivity index (χ0n) is 6.80. The molecule has 1 rings (SSSR count). The van der Waals surface area contributed by atoms with E-state index in [1.165, 1.54) is 7.11 Å². The number of hydrogen-bond acceptors (Lipinski definition) is 4. The van der Waals surface area contributed by atoms with Crippen molar-refractivity contribution in [2.45, 2.75) is 31.0 Å². The zero-order chi connectivity index (χ0) is 9.14. The van der Waals surface area contributed by atoms with E-state index in [4.69, 9.17) is 15.9 Å². The largest absolute Gasteiger partial charge is 0.389 e. The average Bonchev–Trinajstić information content (AvgIpc) is 2.05. The second-order valence-electron chi connectivity index (χ2n) is 2.70. The van der Waals surface area contributed by atoms with Crippen molar-refractivity contribution in [3.8, 4) is 12.3 Å². The van der Waals surface area contributed by atoms with Crippen LogP contribution in [0, 0.1) is 12.3 Å². The number of ether oxygens (including phenoxy) is 2. The van der Waals surface area contributed by atoms with E-state index in [0.717, 1.165) is 0 Å². The van der Waals surface area contributed by atoms with Gasteiger partial charge < -0.3 is 19.7 Å². The van der Waals surface area contributed by atoms with Gasteiger partial charge in [-0.2, -0.15) is 0 Å². The van der Waals surface area contributed by atoms with E-state index in [1.807, 2.05) is 0 Å². The predicted molar refractivity (Wildman–Crippen MR) is 41.1 cm³/mol. The highest BCUT2D eigenvalue weighted by molar-refractivity contribution is 5.01. The maximum Gasteiger partial charge on any atom is 0.184 e. The SMILES string of the molecule is C#CC1OC(OC)[C@@H](O)CC1O. The van der Waals surface area contributed by atoms with Gasteiger partial charge in [0.15, 0.2) is 6.29 Å². The van der Waals surface area contributed by atoms with Crippen molar-refractivity contribution in [3.05, 3.63) is 0 Å². The highest BCUT2D eigenvalue weighted by atomic mass is 16.7. The molecule has 4 nitrogen and oxygen atoms in total. The monoisotopic (exact) mass is 172 g/mol. The molecule has 0 aromatic heterocycles. The molecule has 0 aromatic rings. The second kappa shape index (κ2) is 3.87. The molecule has 0 aliphatic carbocycles. The zero-order valence-corrected chi connectivity index (χ0v) is 6.80. The van der Waals surface area contributed by atoms with Crippen LogP contribution < -0.4 is 0 Å². The highest BCUT2D eigenvalue weighted by Gasteiger charge is 2.35. The lowest BCUT2D eigenvalue weighted by Gasteiger charge is -2.33. The first kappa shape index (κ1) is 9.49. The normalized spacial score (nSPS) is 42.2. The summed E-state index contributed by atoms with van der Waals surface area (Å²) in [7, 11) is 1.42. The molecule has 1 heterocycles.